The van der Waals surface area contributed by atoms with Crippen LogP contribution in [0, 0.1) is 5.82 Å². The van der Waals surface area contributed by atoms with Gasteiger partial charge in [0.25, 0.3) is 0 Å². The molecule has 6 heteroatoms. The summed E-state index contributed by atoms with van der Waals surface area (Å²) >= 11 is 1.37. The number of H-pyrrole nitrogens is 1. The van der Waals surface area contributed by atoms with Crippen molar-refractivity contribution in [3.05, 3.63) is 66.6 Å². The van der Waals surface area contributed by atoms with Gasteiger partial charge in [0.05, 0.1) is 11.4 Å². The van der Waals surface area contributed by atoms with Crippen LogP contribution in [0.15, 0.2) is 65.7 Å². The number of hydrogen-bond donors (Lipinski definition) is 2. The zero-order valence-corrected chi connectivity index (χ0v) is 12.9. The Labute approximate surface area is 137 Å². The lowest BCUT2D eigenvalue weighted by atomic mass is 10.1. The van der Waals surface area contributed by atoms with Gasteiger partial charge in [0.1, 0.15) is 5.82 Å². The van der Waals surface area contributed by atoms with Crippen LogP contribution in [0.4, 0.5) is 10.1 Å². The average molecular weight is 327 g/mol. The SMILES string of the molecule is O=C(CSc1ccc(F)cc1)Nc1ccc(-c2ccn[nH]2)cc1. The number of hydrogen-bond acceptors (Lipinski definition) is 3. The first-order valence-electron chi connectivity index (χ1n) is 6.99. The third kappa shape index (κ3) is 4.20. The Morgan fingerprint density at radius 3 is 2.48 bits per heavy atom. The molecule has 1 aromatic heterocycles. The highest BCUT2D eigenvalue weighted by Gasteiger charge is 2.05. The van der Waals surface area contributed by atoms with E-state index in [-0.39, 0.29) is 17.5 Å². The second kappa shape index (κ2) is 7.11. The van der Waals surface area contributed by atoms with Gasteiger partial charge in [0, 0.05) is 16.8 Å². The number of rotatable bonds is 5. The van der Waals surface area contributed by atoms with Crippen molar-refractivity contribution in [1.82, 2.24) is 10.2 Å². The number of halogens is 1. The van der Waals surface area contributed by atoms with Gasteiger partial charge in [-0.2, -0.15) is 5.10 Å². The van der Waals surface area contributed by atoms with E-state index >= 15 is 0 Å². The standard InChI is InChI=1S/C17H14FN3OS/c18-13-3-7-15(8-4-13)23-11-17(22)20-14-5-1-12(2-6-14)16-9-10-19-21-16/h1-10H,11H2,(H,19,21)(H,20,22). The van der Waals surface area contributed by atoms with Crippen molar-refractivity contribution in [1.29, 1.82) is 0 Å². The van der Waals surface area contributed by atoms with Crippen LogP contribution < -0.4 is 5.32 Å². The van der Waals surface area contributed by atoms with Crippen LogP contribution in [0.25, 0.3) is 11.3 Å². The van der Waals surface area contributed by atoms with E-state index in [4.69, 9.17) is 0 Å². The number of thioether (sulfide) groups is 1. The van der Waals surface area contributed by atoms with Crippen LogP contribution in [-0.2, 0) is 4.79 Å². The first-order valence-corrected chi connectivity index (χ1v) is 7.97. The van der Waals surface area contributed by atoms with Crippen LogP contribution in [-0.4, -0.2) is 21.9 Å². The molecule has 4 nitrogen and oxygen atoms in total. The third-order valence-corrected chi connectivity index (χ3v) is 4.18. The largest absolute Gasteiger partial charge is 0.325 e. The maximum Gasteiger partial charge on any atom is 0.234 e. The highest BCUT2D eigenvalue weighted by atomic mass is 32.2. The first-order chi connectivity index (χ1) is 11.2. The molecule has 0 atom stereocenters. The summed E-state index contributed by atoms with van der Waals surface area (Å²) in [6.45, 7) is 0. The van der Waals surface area contributed by atoms with Gasteiger partial charge in [-0.05, 0) is 48.0 Å². The molecule has 1 amide bonds. The van der Waals surface area contributed by atoms with Crippen molar-refractivity contribution < 1.29 is 9.18 Å². The summed E-state index contributed by atoms with van der Waals surface area (Å²) < 4.78 is 12.8. The van der Waals surface area contributed by atoms with Crippen LogP contribution in [0.3, 0.4) is 0 Å². The fraction of sp³-hybridized carbons (Fsp3) is 0.0588. The summed E-state index contributed by atoms with van der Waals surface area (Å²) in [5, 5.41) is 9.63. The fourth-order valence-electron chi connectivity index (χ4n) is 2.03. The van der Waals surface area contributed by atoms with E-state index in [1.807, 2.05) is 30.3 Å². The van der Waals surface area contributed by atoms with Gasteiger partial charge in [0.15, 0.2) is 0 Å². The summed E-state index contributed by atoms with van der Waals surface area (Å²) in [4.78, 5) is 12.8. The minimum Gasteiger partial charge on any atom is -0.325 e. The molecule has 0 saturated heterocycles. The summed E-state index contributed by atoms with van der Waals surface area (Å²) in [6.07, 6.45) is 1.69. The number of amides is 1. The molecular formula is C17H14FN3OS. The highest BCUT2D eigenvalue weighted by molar-refractivity contribution is 8.00. The van der Waals surface area contributed by atoms with Gasteiger partial charge in [-0.3, -0.25) is 9.89 Å². The van der Waals surface area contributed by atoms with E-state index < -0.39 is 0 Å². The van der Waals surface area contributed by atoms with Crippen molar-refractivity contribution in [2.75, 3.05) is 11.1 Å². The number of carbonyl (C=O) groups is 1. The summed E-state index contributed by atoms with van der Waals surface area (Å²) in [6, 6.07) is 15.5. The Hall–Kier alpha value is -2.60. The van der Waals surface area contributed by atoms with Crippen molar-refractivity contribution in [2.45, 2.75) is 4.90 Å². The zero-order chi connectivity index (χ0) is 16.1. The molecule has 0 radical (unpaired) electrons. The van der Waals surface area contributed by atoms with Crippen LogP contribution in [0.1, 0.15) is 0 Å². The molecule has 23 heavy (non-hydrogen) atoms. The molecule has 1 heterocycles. The van der Waals surface area contributed by atoms with Crippen molar-refractivity contribution in [2.24, 2.45) is 0 Å². The molecule has 0 aliphatic carbocycles. The Kier molecular flexibility index (Phi) is 4.73. The van der Waals surface area contributed by atoms with E-state index in [9.17, 15) is 9.18 Å². The quantitative estimate of drug-likeness (QED) is 0.698. The zero-order valence-electron chi connectivity index (χ0n) is 12.1. The number of anilines is 1. The molecule has 0 aliphatic heterocycles. The van der Waals surface area contributed by atoms with Crippen molar-refractivity contribution in [3.63, 3.8) is 0 Å². The topological polar surface area (TPSA) is 57.8 Å². The van der Waals surface area contributed by atoms with Gasteiger partial charge in [-0.1, -0.05) is 12.1 Å². The van der Waals surface area contributed by atoms with E-state index in [0.29, 0.717) is 0 Å². The monoisotopic (exact) mass is 327 g/mol. The van der Waals surface area contributed by atoms with E-state index in [1.54, 1.807) is 18.3 Å². The van der Waals surface area contributed by atoms with Crippen molar-refractivity contribution >= 4 is 23.4 Å². The number of carbonyl (C=O) groups excluding carboxylic acids is 1. The second-order valence-corrected chi connectivity index (χ2v) is 5.89. The minimum atomic E-state index is -0.281. The molecule has 3 rings (SSSR count). The molecule has 0 fully saturated rings. The Morgan fingerprint density at radius 1 is 1.09 bits per heavy atom. The number of aromatic nitrogens is 2. The Bertz CT molecular complexity index is 771. The lowest BCUT2D eigenvalue weighted by Gasteiger charge is -2.06. The number of aromatic amines is 1. The van der Waals surface area contributed by atoms with Crippen LogP contribution >= 0.6 is 11.8 Å². The van der Waals surface area contributed by atoms with Gasteiger partial charge in [-0.15, -0.1) is 11.8 Å². The predicted molar refractivity (Wildman–Crippen MR) is 89.8 cm³/mol. The molecule has 3 aromatic rings. The lowest BCUT2D eigenvalue weighted by Crippen LogP contribution is -2.13. The Balaban J connectivity index is 1.54. The maximum atomic E-state index is 12.8. The van der Waals surface area contributed by atoms with E-state index in [0.717, 1.165) is 21.8 Å². The molecule has 2 N–H and O–H groups in total. The molecule has 0 spiro atoms. The predicted octanol–water partition coefficient (Wildman–Crippen LogP) is 3.95. The molecule has 2 aromatic carbocycles. The second-order valence-electron chi connectivity index (χ2n) is 4.84. The normalized spacial score (nSPS) is 10.5. The number of nitrogens with one attached hydrogen (secondary N) is 2. The third-order valence-electron chi connectivity index (χ3n) is 3.16. The molecule has 0 aliphatic rings. The fourth-order valence-corrected chi connectivity index (χ4v) is 2.73. The van der Waals surface area contributed by atoms with Crippen LogP contribution in [0.5, 0.6) is 0 Å². The van der Waals surface area contributed by atoms with E-state index in [2.05, 4.69) is 15.5 Å². The van der Waals surface area contributed by atoms with Gasteiger partial charge in [0.2, 0.25) is 5.91 Å². The maximum absolute atomic E-state index is 12.8. The van der Waals surface area contributed by atoms with Gasteiger partial charge in [-0.25, -0.2) is 4.39 Å². The van der Waals surface area contributed by atoms with Crippen molar-refractivity contribution in [3.8, 4) is 11.3 Å². The molecule has 116 valence electrons. The molecule has 0 unspecified atom stereocenters. The first kappa shape index (κ1) is 15.3. The van der Waals surface area contributed by atoms with Gasteiger partial charge >= 0.3 is 0 Å². The average Bonchev–Trinajstić information content (AvgIpc) is 3.09. The molecule has 0 bridgehead atoms. The summed E-state index contributed by atoms with van der Waals surface area (Å²) in [7, 11) is 0. The lowest BCUT2D eigenvalue weighted by molar-refractivity contribution is -0.113. The molecule has 0 saturated carbocycles. The minimum absolute atomic E-state index is 0.103. The highest BCUT2D eigenvalue weighted by Crippen LogP contribution is 2.20. The summed E-state index contributed by atoms with van der Waals surface area (Å²) in [5.74, 6) is -0.113. The Morgan fingerprint density at radius 2 is 1.83 bits per heavy atom. The number of nitrogens with zero attached hydrogens (tertiary/aromatic N) is 1. The van der Waals surface area contributed by atoms with E-state index in [1.165, 1.54) is 23.9 Å². The smallest absolute Gasteiger partial charge is 0.234 e. The van der Waals surface area contributed by atoms with Gasteiger partial charge < -0.3 is 5.32 Å². The summed E-state index contributed by atoms with van der Waals surface area (Å²) in [5.41, 5.74) is 2.66. The van der Waals surface area contributed by atoms with Crippen LogP contribution in [0.2, 0.25) is 0 Å². The molecular weight excluding hydrogens is 313 g/mol. The number of benzene rings is 2.